The fourth-order valence-corrected chi connectivity index (χ4v) is 3.55. The van der Waals surface area contributed by atoms with Crippen LogP contribution in [0.4, 0.5) is 5.69 Å². The Morgan fingerprint density at radius 2 is 1.96 bits per heavy atom. The van der Waals surface area contributed by atoms with Gasteiger partial charge in [0.25, 0.3) is 5.91 Å². The third-order valence-electron chi connectivity index (χ3n) is 4.54. The smallest absolute Gasteiger partial charge is 0.312 e. The Balaban J connectivity index is 2.12. The molecule has 0 radical (unpaired) electrons. The van der Waals surface area contributed by atoms with Gasteiger partial charge in [0, 0.05) is 4.47 Å². The van der Waals surface area contributed by atoms with Crippen molar-refractivity contribution in [3.8, 4) is 0 Å². The lowest BCUT2D eigenvalue weighted by Gasteiger charge is -2.32. The number of hydrogen-bond acceptors (Lipinski definition) is 3. The number of carbonyl (C=O) groups is 2. The standard InChI is InChI=1S/C17H24BrN3O3/c1-12-4-5-14(13(18)10-12)19-17(23)15(11-16(22)24-3)21-8-6-20(2)7-9-21/h4-5,10,15H,6-9,11H2,1-3H3,(H,19,23)/p+2/t15-/m1/s1. The van der Waals surface area contributed by atoms with Crippen LogP contribution in [0.25, 0.3) is 0 Å². The first kappa shape index (κ1) is 18.9. The molecule has 1 aromatic carbocycles. The summed E-state index contributed by atoms with van der Waals surface area (Å²) in [5, 5.41) is 2.95. The molecular weight excluding hydrogens is 374 g/mol. The summed E-state index contributed by atoms with van der Waals surface area (Å²) in [5.74, 6) is -0.489. The summed E-state index contributed by atoms with van der Waals surface area (Å²) >= 11 is 3.48. The normalized spacial score (nSPS) is 21.8. The zero-order chi connectivity index (χ0) is 17.7. The zero-order valence-corrected chi connectivity index (χ0v) is 16.0. The number of likely N-dealkylation sites (N-methyl/N-ethyl adjacent to an activating group) is 1. The van der Waals surface area contributed by atoms with E-state index in [1.165, 1.54) is 12.0 Å². The average molecular weight is 400 g/mol. The van der Waals surface area contributed by atoms with Crippen LogP contribution in [0.2, 0.25) is 0 Å². The van der Waals surface area contributed by atoms with E-state index in [1.54, 1.807) is 0 Å². The van der Waals surface area contributed by atoms with Gasteiger partial charge in [-0.25, -0.2) is 0 Å². The van der Waals surface area contributed by atoms with Crippen molar-refractivity contribution in [3.63, 3.8) is 0 Å². The Kier molecular flexibility index (Phi) is 6.77. The number of nitrogens with one attached hydrogen (secondary N) is 3. The molecule has 6 nitrogen and oxygen atoms in total. The number of benzene rings is 1. The van der Waals surface area contributed by atoms with Crippen LogP contribution in [0, 0.1) is 6.92 Å². The first-order valence-corrected chi connectivity index (χ1v) is 8.99. The predicted molar refractivity (Wildman–Crippen MR) is 95.2 cm³/mol. The molecule has 1 amide bonds. The molecule has 24 heavy (non-hydrogen) atoms. The van der Waals surface area contributed by atoms with E-state index < -0.39 is 6.04 Å². The molecule has 0 aliphatic carbocycles. The molecule has 1 atom stereocenters. The van der Waals surface area contributed by atoms with Gasteiger partial charge in [0.1, 0.15) is 32.6 Å². The Bertz CT molecular complexity index is 601. The molecule has 0 unspecified atom stereocenters. The second kappa shape index (κ2) is 8.60. The highest BCUT2D eigenvalue weighted by Crippen LogP contribution is 2.23. The zero-order valence-electron chi connectivity index (χ0n) is 14.4. The maximum Gasteiger partial charge on any atom is 0.312 e. The Hall–Kier alpha value is -1.44. The number of piperazine rings is 1. The topological polar surface area (TPSA) is 64.3 Å². The molecule has 0 saturated carbocycles. The SMILES string of the molecule is COC(=O)C[C@H](C(=O)Nc1ccc(C)cc1Br)[NH+]1CC[NH+](C)CC1. The Morgan fingerprint density at radius 1 is 1.29 bits per heavy atom. The van der Waals surface area contributed by atoms with E-state index in [9.17, 15) is 9.59 Å². The molecule has 1 aliphatic rings. The van der Waals surface area contributed by atoms with Crippen LogP contribution in [0.5, 0.6) is 0 Å². The van der Waals surface area contributed by atoms with E-state index >= 15 is 0 Å². The minimum absolute atomic E-state index is 0.0974. The summed E-state index contributed by atoms with van der Waals surface area (Å²) in [6.45, 7) is 5.72. The van der Waals surface area contributed by atoms with Crippen molar-refractivity contribution >= 4 is 33.5 Å². The van der Waals surface area contributed by atoms with Gasteiger partial charge >= 0.3 is 5.97 Å². The monoisotopic (exact) mass is 399 g/mol. The van der Waals surface area contributed by atoms with Crippen LogP contribution in [0.15, 0.2) is 22.7 Å². The minimum Gasteiger partial charge on any atom is -0.469 e. The van der Waals surface area contributed by atoms with Crippen LogP contribution in [0.3, 0.4) is 0 Å². The number of amides is 1. The highest BCUT2D eigenvalue weighted by atomic mass is 79.9. The van der Waals surface area contributed by atoms with Crippen molar-refractivity contribution in [2.45, 2.75) is 19.4 Å². The summed E-state index contributed by atoms with van der Waals surface area (Å²) < 4.78 is 5.62. The van der Waals surface area contributed by atoms with Gasteiger partial charge in [-0.1, -0.05) is 6.07 Å². The minimum atomic E-state index is -0.432. The van der Waals surface area contributed by atoms with Crippen molar-refractivity contribution in [2.75, 3.05) is 45.7 Å². The Labute approximate surface area is 151 Å². The van der Waals surface area contributed by atoms with Crippen LogP contribution in [-0.4, -0.2) is 58.3 Å². The van der Waals surface area contributed by atoms with Crippen molar-refractivity contribution < 1.29 is 24.1 Å². The summed E-state index contributed by atoms with van der Waals surface area (Å²) in [7, 11) is 3.51. The molecule has 0 bridgehead atoms. The first-order chi connectivity index (χ1) is 11.4. The number of anilines is 1. The predicted octanol–water partition coefficient (Wildman–Crippen LogP) is -0.959. The van der Waals surface area contributed by atoms with Crippen LogP contribution in [-0.2, 0) is 14.3 Å². The van der Waals surface area contributed by atoms with Crippen molar-refractivity contribution in [1.29, 1.82) is 0 Å². The summed E-state index contributed by atoms with van der Waals surface area (Å²) in [5.41, 5.74) is 1.83. The lowest BCUT2D eigenvalue weighted by molar-refractivity contribution is -1.01. The molecular formula is C17H26BrN3O3+2. The van der Waals surface area contributed by atoms with Crippen LogP contribution >= 0.6 is 15.9 Å². The second-order valence-corrected chi connectivity index (χ2v) is 7.28. The van der Waals surface area contributed by atoms with E-state index in [2.05, 4.69) is 28.3 Å². The van der Waals surface area contributed by atoms with Crippen molar-refractivity contribution in [1.82, 2.24) is 0 Å². The molecule has 0 aromatic heterocycles. The molecule has 0 spiro atoms. The van der Waals surface area contributed by atoms with Gasteiger partial charge in [0.05, 0.1) is 19.8 Å². The number of halogens is 1. The third-order valence-corrected chi connectivity index (χ3v) is 5.19. The second-order valence-electron chi connectivity index (χ2n) is 6.42. The van der Waals surface area contributed by atoms with E-state index in [0.29, 0.717) is 0 Å². The van der Waals surface area contributed by atoms with E-state index in [0.717, 1.165) is 46.8 Å². The first-order valence-electron chi connectivity index (χ1n) is 8.20. The van der Waals surface area contributed by atoms with E-state index in [1.807, 2.05) is 25.1 Å². The Morgan fingerprint density at radius 3 is 2.54 bits per heavy atom. The lowest BCUT2D eigenvalue weighted by atomic mass is 10.1. The number of methoxy groups -OCH3 is 1. The van der Waals surface area contributed by atoms with E-state index in [-0.39, 0.29) is 18.3 Å². The summed E-state index contributed by atoms with van der Waals surface area (Å²) in [4.78, 5) is 27.2. The number of aryl methyl sites for hydroxylation is 1. The number of quaternary nitrogens is 2. The van der Waals surface area contributed by atoms with Crippen molar-refractivity contribution in [2.24, 2.45) is 0 Å². The summed E-state index contributed by atoms with van der Waals surface area (Å²) in [6, 6.07) is 5.34. The van der Waals surface area contributed by atoms with Crippen molar-refractivity contribution in [3.05, 3.63) is 28.2 Å². The van der Waals surface area contributed by atoms with Gasteiger partial charge in [-0.15, -0.1) is 0 Å². The molecule has 1 aromatic rings. The molecule has 1 heterocycles. The van der Waals surface area contributed by atoms with Gasteiger partial charge in [-0.3, -0.25) is 9.59 Å². The molecule has 7 heteroatoms. The molecule has 132 valence electrons. The largest absolute Gasteiger partial charge is 0.469 e. The van der Waals surface area contributed by atoms with Gasteiger partial charge in [-0.2, -0.15) is 0 Å². The molecule has 1 saturated heterocycles. The van der Waals surface area contributed by atoms with Gasteiger partial charge in [0.2, 0.25) is 0 Å². The van der Waals surface area contributed by atoms with Gasteiger partial charge < -0.3 is 19.9 Å². The number of ether oxygens (including phenoxy) is 1. The molecule has 3 N–H and O–H groups in total. The van der Waals surface area contributed by atoms with Crippen LogP contribution < -0.4 is 15.1 Å². The summed E-state index contributed by atoms with van der Waals surface area (Å²) in [6.07, 6.45) is 0.0974. The molecule has 2 rings (SSSR count). The fraction of sp³-hybridized carbons (Fsp3) is 0.529. The molecule has 1 fully saturated rings. The van der Waals surface area contributed by atoms with Gasteiger partial charge in [-0.05, 0) is 40.5 Å². The lowest BCUT2D eigenvalue weighted by Crippen LogP contribution is -3.29. The number of rotatable bonds is 5. The third kappa shape index (κ3) is 5.03. The van der Waals surface area contributed by atoms with E-state index in [4.69, 9.17) is 4.74 Å². The quantitative estimate of drug-likeness (QED) is 0.558. The maximum absolute atomic E-state index is 12.8. The highest BCUT2D eigenvalue weighted by Gasteiger charge is 2.35. The average Bonchev–Trinajstić information content (AvgIpc) is 2.55. The molecule has 1 aliphatic heterocycles. The number of hydrogen-bond donors (Lipinski definition) is 3. The maximum atomic E-state index is 12.8. The number of esters is 1. The number of carbonyl (C=O) groups excluding carboxylic acids is 2. The van der Waals surface area contributed by atoms with Gasteiger partial charge in [0.15, 0.2) is 6.04 Å². The van der Waals surface area contributed by atoms with Crippen LogP contribution in [0.1, 0.15) is 12.0 Å². The fourth-order valence-electron chi connectivity index (χ4n) is 2.96. The highest BCUT2D eigenvalue weighted by molar-refractivity contribution is 9.10.